The average molecular weight is 327 g/mol. The highest BCUT2D eigenvalue weighted by molar-refractivity contribution is 6.31. The third kappa shape index (κ3) is 5.75. The molecule has 0 fully saturated rings. The molecule has 0 saturated heterocycles. The molecule has 7 heteroatoms. The van der Waals surface area contributed by atoms with Gasteiger partial charge < -0.3 is 20.8 Å². The molecule has 0 bridgehead atoms. The minimum Gasteiger partial charge on any atom is -0.478 e. The van der Waals surface area contributed by atoms with Gasteiger partial charge in [0.05, 0.1) is 0 Å². The molecule has 4 N–H and O–H groups in total. The van der Waals surface area contributed by atoms with Crippen molar-refractivity contribution in [2.45, 2.75) is 19.4 Å². The molecule has 0 spiro atoms. The number of hydrogen-bond acceptors (Lipinski definition) is 4. The van der Waals surface area contributed by atoms with Gasteiger partial charge in [-0.25, -0.2) is 9.59 Å². The average Bonchev–Trinajstić information content (AvgIpc) is 2.81. The number of rotatable bonds is 4. The number of carboxylic acids is 2. The SMILES string of the molecule is CC(N)CN1CCc2c(Cl)cccc21.O=C(O)C=CC(=O)O. The first-order chi connectivity index (χ1) is 10.3. The fraction of sp³-hybridized carbons (Fsp3) is 0.333. The molecular formula is C15H19ClN2O4. The summed E-state index contributed by atoms with van der Waals surface area (Å²) in [4.78, 5) is 21.4. The monoisotopic (exact) mass is 326 g/mol. The second-order valence-corrected chi connectivity index (χ2v) is 5.33. The highest BCUT2D eigenvalue weighted by Gasteiger charge is 2.21. The molecule has 1 aromatic rings. The lowest BCUT2D eigenvalue weighted by Gasteiger charge is -2.21. The van der Waals surface area contributed by atoms with Gasteiger partial charge in [0.15, 0.2) is 0 Å². The van der Waals surface area contributed by atoms with Gasteiger partial charge in [-0.05, 0) is 31.0 Å². The first-order valence-corrected chi connectivity index (χ1v) is 7.11. The fourth-order valence-corrected chi connectivity index (χ4v) is 2.40. The van der Waals surface area contributed by atoms with Gasteiger partial charge in [0, 0.05) is 42.0 Å². The van der Waals surface area contributed by atoms with Crippen LogP contribution in [0, 0.1) is 0 Å². The molecule has 0 radical (unpaired) electrons. The lowest BCUT2D eigenvalue weighted by atomic mass is 10.2. The zero-order chi connectivity index (χ0) is 16.7. The quantitative estimate of drug-likeness (QED) is 0.728. The van der Waals surface area contributed by atoms with E-state index < -0.39 is 11.9 Å². The van der Waals surface area contributed by atoms with Crippen LogP contribution in [0.25, 0.3) is 0 Å². The summed E-state index contributed by atoms with van der Waals surface area (Å²) in [5.41, 5.74) is 8.32. The van der Waals surface area contributed by atoms with E-state index >= 15 is 0 Å². The molecule has 0 amide bonds. The van der Waals surface area contributed by atoms with Crippen LogP contribution in [0.1, 0.15) is 12.5 Å². The largest absolute Gasteiger partial charge is 0.478 e. The van der Waals surface area contributed by atoms with Crippen molar-refractivity contribution in [1.82, 2.24) is 0 Å². The van der Waals surface area contributed by atoms with Crippen LogP contribution in [0.5, 0.6) is 0 Å². The van der Waals surface area contributed by atoms with E-state index in [0.717, 1.165) is 24.5 Å². The summed E-state index contributed by atoms with van der Waals surface area (Å²) in [6.45, 7) is 3.98. The Balaban J connectivity index is 0.000000261. The van der Waals surface area contributed by atoms with Crippen LogP contribution in [0.4, 0.5) is 5.69 Å². The van der Waals surface area contributed by atoms with Crippen LogP contribution in [-0.2, 0) is 16.0 Å². The molecule has 1 aliphatic heterocycles. The van der Waals surface area contributed by atoms with Gasteiger partial charge in [0.2, 0.25) is 0 Å². The molecule has 22 heavy (non-hydrogen) atoms. The van der Waals surface area contributed by atoms with E-state index in [1.165, 1.54) is 11.3 Å². The summed E-state index contributed by atoms with van der Waals surface area (Å²) >= 11 is 6.11. The molecule has 1 aromatic carbocycles. The van der Waals surface area contributed by atoms with Crippen molar-refractivity contribution >= 4 is 29.2 Å². The molecule has 1 heterocycles. The Labute approximate surface area is 133 Å². The van der Waals surface area contributed by atoms with Gasteiger partial charge in [0.1, 0.15) is 0 Å². The Kier molecular flexibility index (Phi) is 6.88. The second kappa shape index (κ2) is 8.41. The van der Waals surface area contributed by atoms with E-state index in [1.54, 1.807) is 0 Å². The van der Waals surface area contributed by atoms with Crippen LogP contribution in [-0.4, -0.2) is 41.3 Å². The number of fused-ring (bicyclic) bond motifs is 1. The Morgan fingerprint density at radius 1 is 1.36 bits per heavy atom. The number of nitrogens with two attached hydrogens (primary N) is 1. The molecule has 2 rings (SSSR count). The topological polar surface area (TPSA) is 104 Å². The van der Waals surface area contributed by atoms with Crippen LogP contribution in [0.15, 0.2) is 30.4 Å². The normalized spacial score (nSPS) is 14.2. The molecule has 120 valence electrons. The van der Waals surface area contributed by atoms with Gasteiger partial charge in [0.25, 0.3) is 0 Å². The van der Waals surface area contributed by atoms with Crippen LogP contribution >= 0.6 is 11.6 Å². The summed E-state index contributed by atoms with van der Waals surface area (Å²) in [5, 5.41) is 16.5. The predicted molar refractivity (Wildman–Crippen MR) is 85.4 cm³/mol. The van der Waals surface area contributed by atoms with Crippen molar-refractivity contribution in [3.05, 3.63) is 40.9 Å². The van der Waals surface area contributed by atoms with E-state index in [2.05, 4.69) is 11.0 Å². The minimum absolute atomic E-state index is 0.208. The van der Waals surface area contributed by atoms with Crippen molar-refractivity contribution in [2.24, 2.45) is 5.73 Å². The molecule has 0 aliphatic carbocycles. The van der Waals surface area contributed by atoms with Crippen molar-refractivity contribution in [2.75, 3.05) is 18.0 Å². The highest BCUT2D eigenvalue weighted by atomic mass is 35.5. The maximum absolute atomic E-state index is 9.55. The van der Waals surface area contributed by atoms with Crippen LogP contribution in [0.3, 0.4) is 0 Å². The minimum atomic E-state index is -1.26. The smallest absolute Gasteiger partial charge is 0.328 e. The number of hydrogen-bond donors (Lipinski definition) is 3. The Bertz CT molecular complexity index is 557. The fourth-order valence-electron chi connectivity index (χ4n) is 2.14. The molecule has 1 aliphatic rings. The number of aliphatic carboxylic acids is 2. The van der Waals surface area contributed by atoms with E-state index in [9.17, 15) is 9.59 Å². The van der Waals surface area contributed by atoms with Gasteiger partial charge in [-0.3, -0.25) is 0 Å². The molecule has 1 atom stereocenters. The molecule has 6 nitrogen and oxygen atoms in total. The van der Waals surface area contributed by atoms with Crippen molar-refractivity contribution in [3.8, 4) is 0 Å². The van der Waals surface area contributed by atoms with E-state index in [-0.39, 0.29) is 6.04 Å². The zero-order valence-corrected chi connectivity index (χ0v) is 13.0. The second-order valence-electron chi connectivity index (χ2n) is 4.92. The molecule has 0 saturated carbocycles. The van der Waals surface area contributed by atoms with E-state index in [4.69, 9.17) is 27.5 Å². The predicted octanol–water partition coefficient (Wildman–Crippen LogP) is 1.76. The van der Waals surface area contributed by atoms with E-state index in [1.807, 2.05) is 19.1 Å². The van der Waals surface area contributed by atoms with Gasteiger partial charge >= 0.3 is 11.9 Å². The Hall–Kier alpha value is -2.05. The lowest BCUT2D eigenvalue weighted by Crippen LogP contribution is -2.34. The summed E-state index contributed by atoms with van der Waals surface area (Å²) < 4.78 is 0. The lowest BCUT2D eigenvalue weighted by molar-refractivity contribution is -0.134. The first-order valence-electron chi connectivity index (χ1n) is 6.73. The Morgan fingerprint density at radius 2 is 1.95 bits per heavy atom. The number of nitrogens with zero attached hydrogens (tertiary/aromatic N) is 1. The van der Waals surface area contributed by atoms with Crippen LogP contribution in [0.2, 0.25) is 5.02 Å². The molecule has 0 aromatic heterocycles. The summed E-state index contributed by atoms with van der Waals surface area (Å²) in [7, 11) is 0. The van der Waals surface area contributed by atoms with Crippen molar-refractivity contribution in [1.29, 1.82) is 0 Å². The zero-order valence-electron chi connectivity index (χ0n) is 12.2. The van der Waals surface area contributed by atoms with Crippen molar-refractivity contribution in [3.63, 3.8) is 0 Å². The third-order valence-corrected chi connectivity index (χ3v) is 3.30. The highest BCUT2D eigenvalue weighted by Crippen LogP contribution is 2.32. The number of carboxylic acid groups (broad SMARTS) is 2. The third-order valence-electron chi connectivity index (χ3n) is 2.94. The number of carbonyl (C=O) groups is 2. The molecule has 1 unspecified atom stereocenters. The van der Waals surface area contributed by atoms with Gasteiger partial charge in [-0.1, -0.05) is 17.7 Å². The first kappa shape index (κ1) is 18.0. The van der Waals surface area contributed by atoms with Gasteiger partial charge in [-0.2, -0.15) is 0 Å². The van der Waals surface area contributed by atoms with Crippen LogP contribution < -0.4 is 10.6 Å². The summed E-state index contributed by atoms with van der Waals surface area (Å²) in [5.74, 6) is -2.51. The standard InChI is InChI=1S/C11H15ClN2.C4H4O4/c1-8(13)7-14-6-5-9-10(12)3-2-4-11(9)14;5-3(6)1-2-4(7)8/h2-4,8H,5-7,13H2,1H3;1-2H,(H,5,6)(H,7,8). The summed E-state index contributed by atoms with van der Waals surface area (Å²) in [6.07, 6.45) is 2.16. The van der Waals surface area contributed by atoms with Crippen molar-refractivity contribution < 1.29 is 19.8 Å². The van der Waals surface area contributed by atoms with E-state index in [0.29, 0.717) is 12.2 Å². The Morgan fingerprint density at radius 3 is 2.45 bits per heavy atom. The maximum atomic E-state index is 9.55. The number of halogens is 1. The van der Waals surface area contributed by atoms with Gasteiger partial charge in [-0.15, -0.1) is 0 Å². The summed E-state index contributed by atoms with van der Waals surface area (Å²) in [6, 6.07) is 6.28. The number of benzene rings is 1. The maximum Gasteiger partial charge on any atom is 0.328 e. The number of anilines is 1. The molecular weight excluding hydrogens is 308 g/mol.